The van der Waals surface area contributed by atoms with Crippen LogP contribution in [0.15, 0.2) is 18.2 Å². The van der Waals surface area contributed by atoms with Gasteiger partial charge in [-0.3, -0.25) is 0 Å². The first-order valence-corrected chi connectivity index (χ1v) is 6.41. The van der Waals surface area contributed by atoms with Gasteiger partial charge in [-0.15, -0.1) is 0 Å². The van der Waals surface area contributed by atoms with E-state index in [1.165, 1.54) is 18.4 Å². The summed E-state index contributed by atoms with van der Waals surface area (Å²) in [5, 5.41) is 3.66. The molecule has 92 valence electrons. The summed E-state index contributed by atoms with van der Waals surface area (Å²) in [7, 11) is 1.71. The summed E-state index contributed by atoms with van der Waals surface area (Å²) in [5.74, 6) is 2.82. The zero-order valence-electron chi connectivity index (χ0n) is 10.2. The summed E-state index contributed by atoms with van der Waals surface area (Å²) in [6, 6.07) is 6.50. The molecule has 0 aromatic heterocycles. The molecule has 1 aromatic carbocycles. The molecule has 1 aliphatic carbocycles. The number of fused-ring (bicyclic) bond motifs is 1. The molecule has 0 amide bonds. The Morgan fingerprint density at radius 2 is 2.24 bits per heavy atom. The van der Waals surface area contributed by atoms with Gasteiger partial charge in [-0.2, -0.15) is 0 Å². The molecular weight excluding hydrogens is 214 g/mol. The Labute approximate surface area is 102 Å². The van der Waals surface area contributed by atoms with Gasteiger partial charge in [0, 0.05) is 18.0 Å². The highest BCUT2D eigenvalue weighted by molar-refractivity contribution is 5.43. The van der Waals surface area contributed by atoms with Crippen LogP contribution in [0.4, 0.5) is 0 Å². The maximum absolute atomic E-state index is 5.68. The Morgan fingerprint density at radius 3 is 3.00 bits per heavy atom. The number of ether oxygens (including phenoxy) is 2. The van der Waals surface area contributed by atoms with Crippen LogP contribution in [0.25, 0.3) is 0 Å². The summed E-state index contributed by atoms with van der Waals surface area (Å²) in [5.41, 5.74) is 1.25. The fourth-order valence-electron chi connectivity index (χ4n) is 2.34. The number of nitrogens with one attached hydrogen (secondary N) is 1. The van der Waals surface area contributed by atoms with Gasteiger partial charge < -0.3 is 14.8 Å². The number of benzene rings is 1. The van der Waals surface area contributed by atoms with Crippen molar-refractivity contribution >= 4 is 0 Å². The van der Waals surface area contributed by atoms with Crippen LogP contribution in [0.3, 0.4) is 0 Å². The predicted molar refractivity (Wildman–Crippen MR) is 66.6 cm³/mol. The first-order valence-electron chi connectivity index (χ1n) is 6.41. The molecule has 17 heavy (non-hydrogen) atoms. The van der Waals surface area contributed by atoms with E-state index in [1.807, 2.05) is 12.1 Å². The lowest BCUT2D eigenvalue weighted by atomic mass is 10.00. The van der Waals surface area contributed by atoms with E-state index in [0.29, 0.717) is 6.04 Å². The van der Waals surface area contributed by atoms with Crippen LogP contribution in [-0.2, 0) is 0 Å². The zero-order chi connectivity index (χ0) is 11.7. The van der Waals surface area contributed by atoms with E-state index in [-0.39, 0.29) is 0 Å². The van der Waals surface area contributed by atoms with Gasteiger partial charge >= 0.3 is 0 Å². The molecule has 1 heterocycles. The van der Waals surface area contributed by atoms with Gasteiger partial charge in [0.1, 0.15) is 11.5 Å². The van der Waals surface area contributed by atoms with Crippen molar-refractivity contribution in [3.8, 4) is 11.5 Å². The minimum Gasteiger partial charge on any atom is -0.497 e. The summed E-state index contributed by atoms with van der Waals surface area (Å²) in [4.78, 5) is 0. The fourth-order valence-corrected chi connectivity index (χ4v) is 2.34. The van der Waals surface area contributed by atoms with E-state index < -0.39 is 0 Å². The van der Waals surface area contributed by atoms with Crippen molar-refractivity contribution in [1.29, 1.82) is 0 Å². The molecule has 1 aliphatic heterocycles. The lowest BCUT2D eigenvalue weighted by molar-refractivity contribution is 0.251. The van der Waals surface area contributed by atoms with Crippen LogP contribution in [-0.4, -0.2) is 20.3 Å². The average molecular weight is 233 g/mol. The molecule has 0 spiro atoms. The van der Waals surface area contributed by atoms with Gasteiger partial charge in [0.25, 0.3) is 0 Å². The Kier molecular flexibility index (Phi) is 2.93. The second kappa shape index (κ2) is 4.57. The van der Waals surface area contributed by atoms with Gasteiger partial charge in [0.05, 0.1) is 13.7 Å². The molecule has 1 saturated carbocycles. The van der Waals surface area contributed by atoms with Gasteiger partial charge in [-0.1, -0.05) is 0 Å². The SMILES string of the molecule is COc1ccc2c(c1)C(NCC1CC1)CCO2. The van der Waals surface area contributed by atoms with Crippen molar-refractivity contribution in [1.82, 2.24) is 5.32 Å². The Balaban J connectivity index is 1.77. The Bertz CT molecular complexity index is 401. The molecule has 1 atom stereocenters. The van der Waals surface area contributed by atoms with E-state index in [2.05, 4.69) is 11.4 Å². The summed E-state index contributed by atoms with van der Waals surface area (Å²) in [6.07, 6.45) is 3.83. The second-order valence-corrected chi connectivity index (χ2v) is 4.95. The van der Waals surface area contributed by atoms with Crippen molar-refractivity contribution in [2.24, 2.45) is 5.92 Å². The van der Waals surface area contributed by atoms with Crippen molar-refractivity contribution in [2.75, 3.05) is 20.3 Å². The van der Waals surface area contributed by atoms with Crippen LogP contribution in [0.1, 0.15) is 30.9 Å². The Morgan fingerprint density at radius 1 is 1.35 bits per heavy atom. The molecule has 1 unspecified atom stereocenters. The standard InChI is InChI=1S/C14H19NO2/c1-16-11-4-5-14-12(8-11)13(6-7-17-14)15-9-10-2-3-10/h4-5,8,10,13,15H,2-3,6-7,9H2,1H3. The molecule has 3 heteroatoms. The molecule has 0 radical (unpaired) electrons. The molecule has 1 N–H and O–H groups in total. The monoisotopic (exact) mass is 233 g/mol. The third-order valence-electron chi connectivity index (χ3n) is 3.61. The predicted octanol–water partition coefficient (Wildman–Crippen LogP) is 2.52. The lowest BCUT2D eigenvalue weighted by Crippen LogP contribution is -2.28. The van der Waals surface area contributed by atoms with Crippen LogP contribution in [0.5, 0.6) is 11.5 Å². The third-order valence-corrected chi connectivity index (χ3v) is 3.61. The summed E-state index contributed by atoms with van der Waals surface area (Å²) < 4.78 is 11.0. The minimum atomic E-state index is 0.425. The number of rotatable bonds is 4. The molecule has 3 rings (SSSR count). The second-order valence-electron chi connectivity index (χ2n) is 4.95. The largest absolute Gasteiger partial charge is 0.497 e. The maximum atomic E-state index is 5.68. The fraction of sp³-hybridized carbons (Fsp3) is 0.571. The van der Waals surface area contributed by atoms with Crippen LogP contribution < -0.4 is 14.8 Å². The number of methoxy groups -OCH3 is 1. The molecule has 1 aromatic rings. The number of hydrogen-bond donors (Lipinski definition) is 1. The van der Waals surface area contributed by atoms with Gasteiger partial charge in [0.15, 0.2) is 0 Å². The number of hydrogen-bond acceptors (Lipinski definition) is 3. The highest BCUT2D eigenvalue weighted by Crippen LogP contribution is 2.36. The van der Waals surface area contributed by atoms with Gasteiger partial charge in [-0.05, 0) is 43.5 Å². The highest BCUT2D eigenvalue weighted by Gasteiger charge is 2.26. The molecular formula is C14H19NO2. The summed E-state index contributed by atoms with van der Waals surface area (Å²) >= 11 is 0. The molecule has 0 bridgehead atoms. The van der Waals surface area contributed by atoms with E-state index in [9.17, 15) is 0 Å². The Hall–Kier alpha value is -1.22. The smallest absolute Gasteiger partial charge is 0.124 e. The van der Waals surface area contributed by atoms with Crippen molar-refractivity contribution in [3.63, 3.8) is 0 Å². The lowest BCUT2D eigenvalue weighted by Gasteiger charge is -2.27. The van der Waals surface area contributed by atoms with Crippen molar-refractivity contribution < 1.29 is 9.47 Å². The minimum absolute atomic E-state index is 0.425. The quantitative estimate of drug-likeness (QED) is 0.866. The van der Waals surface area contributed by atoms with Crippen LogP contribution >= 0.6 is 0 Å². The molecule has 0 saturated heterocycles. The maximum Gasteiger partial charge on any atom is 0.124 e. The average Bonchev–Trinajstić information content (AvgIpc) is 3.19. The van der Waals surface area contributed by atoms with E-state index in [1.54, 1.807) is 7.11 Å². The normalized spacial score (nSPS) is 22.8. The van der Waals surface area contributed by atoms with Crippen LogP contribution in [0.2, 0.25) is 0 Å². The zero-order valence-corrected chi connectivity index (χ0v) is 10.2. The first-order chi connectivity index (χ1) is 8.36. The van der Waals surface area contributed by atoms with Crippen molar-refractivity contribution in [3.05, 3.63) is 23.8 Å². The third kappa shape index (κ3) is 2.39. The highest BCUT2D eigenvalue weighted by atomic mass is 16.5. The molecule has 3 nitrogen and oxygen atoms in total. The summed E-state index contributed by atoms with van der Waals surface area (Å²) in [6.45, 7) is 1.95. The first kappa shape index (κ1) is 10.9. The van der Waals surface area contributed by atoms with Gasteiger partial charge in [-0.25, -0.2) is 0 Å². The molecule has 2 aliphatic rings. The van der Waals surface area contributed by atoms with E-state index in [4.69, 9.17) is 9.47 Å². The van der Waals surface area contributed by atoms with E-state index >= 15 is 0 Å². The molecule has 1 fully saturated rings. The van der Waals surface area contributed by atoms with Gasteiger partial charge in [0.2, 0.25) is 0 Å². The van der Waals surface area contributed by atoms with Crippen molar-refractivity contribution in [2.45, 2.75) is 25.3 Å². The van der Waals surface area contributed by atoms with Crippen LogP contribution in [0, 0.1) is 5.92 Å². The van der Waals surface area contributed by atoms with E-state index in [0.717, 1.165) is 37.0 Å². The topological polar surface area (TPSA) is 30.5 Å².